The van der Waals surface area contributed by atoms with Crippen molar-refractivity contribution in [1.82, 2.24) is 14.9 Å². The van der Waals surface area contributed by atoms with Gasteiger partial charge in [0, 0.05) is 25.9 Å². The summed E-state index contributed by atoms with van der Waals surface area (Å²) < 4.78 is 5.64. The van der Waals surface area contributed by atoms with E-state index < -0.39 is 5.97 Å². The second-order valence-electron chi connectivity index (χ2n) is 4.64. The first kappa shape index (κ1) is 13.9. The Kier molecular flexibility index (Phi) is 4.81. The number of carboxylic acids is 1. The lowest BCUT2D eigenvalue weighted by Gasteiger charge is -2.32. The van der Waals surface area contributed by atoms with Crippen LogP contribution in [0.4, 0.5) is 0 Å². The highest BCUT2D eigenvalue weighted by molar-refractivity contribution is 5.88. The standard InChI is InChI=1S/C13H19N3O3/c1-2-19-10-4-3-5-16(7-10)8-12-11(13(17)18)6-14-9-15-12/h6,9-10H,2-5,7-8H2,1H3,(H,17,18). The molecule has 1 aliphatic heterocycles. The molecule has 0 spiro atoms. The maximum atomic E-state index is 11.1. The van der Waals surface area contributed by atoms with Crippen molar-refractivity contribution in [2.45, 2.75) is 32.4 Å². The van der Waals surface area contributed by atoms with Crippen LogP contribution in [0, 0.1) is 0 Å². The predicted octanol–water partition coefficient (Wildman–Crippen LogP) is 1.18. The van der Waals surface area contributed by atoms with Gasteiger partial charge in [0.2, 0.25) is 0 Å². The third-order valence-electron chi connectivity index (χ3n) is 3.26. The van der Waals surface area contributed by atoms with Crippen LogP contribution in [0.5, 0.6) is 0 Å². The van der Waals surface area contributed by atoms with Gasteiger partial charge in [-0.3, -0.25) is 4.90 Å². The quantitative estimate of drug-likeness (QED) is 0.861. The van der Waals surface area contributed by atoms with Gasteiger partial charge in [-0.1, -0.05) is 0 Å². The van der Waals surface area contributed by atoms with Gasteiger partial charge in [0.1, 0.15) is 11.9 Å². The number of carboxylic acid groups (broad SMARTS) is 1. The van der Waals surface area contributed by atoms with Gasteiger partial charge in [0.05, 0.1) is 11.8 Å². The zero-order valence-electron chi connectivity index (χ0n) is 11.1. The molecule has 1 aromatic heterocycles. The first-order chi connectivity index (χ1) is 9.20. The Bertz CT molecular complexity index is 437. The largest absolute Gasteiger partial charge is 0.478 e. The van der Waals surface area contributed by atoms with E-state index in [9.17, 15) is 4.79 Å². The molecule has 1 unspecified atom stereocenters. The van der Waals surface area contributed by atoms with Crippen LogP contribution in [0.15, 0.2) is 12.5 Å². The second kappa shape index (κ2) is 6.58. The third kappa shape index (κ3) is 3.71. The molecule has 1 aromatic rings. The van der Waals surface area contributed by atoms with E-state index in [2.05, 4.69) is 14.9 Å². The number of carbonyl (C=O) groups is 1. The summed E-state index contributed by atoms with van der Waals surface area (Å²) in [4.78, 5) is 21.2. The molecule has 1 saturated heterocycles. The van der Waals surface area contributed by atoms with Crippen molar-refractivity contribution in [1.29, 1.82) is 0 Å². The minimum absolute atomic E-state index is 0.182. The number of hydrogen-bond acceptors (Lipinski definition) is 5. The van der Waals surface area contributed by atoms with Crippen LogP contribution in [0.2, 0.25) is 0 Å². The highest BCUT2D eigenvalue weighted by Gasteiger charge is 2.22. The lowest BCUT2D eigenvalue weighted by atomic mass is 10.1. The van der Waals surface area contributed by atoms with Crippen LogP contribution in [0.1, 0.15) is 35.8 Å². The zero-order chi connectivity index (χ0) is 13.7. The summed E-state index contributed by atoms with van der Waals surface area (Å²) in [6.07, 6.45) is 5.13. The normalized spacial score (nSPS) is 20.4. The third-order valence-corrected chi connectivity index (χ3v) is 3.26. The van der Waals surface area contributed by atoms with E-state index in [0.717, 1.165) is 25.9 Å². The van der Waals surface area contributed by atoms with Crippen LogP contribution in [-0.2, 0) is 11.3 Å². The number of ether oxygens (including phenoxy) is 1. The Labute approximate surface area is 112 Å². The SMILES string of the molecule is CCOC1CCCN(Cc2ncncc2C(=O)O)C1. The fourth-order valence-corrected chi connectivity index (χ4v) is 2.40. The molecule has 1 atom stereocenters. The van der Waals surface area contributed by atoms with Crippen LogP contribution in [-0.4, -0.2) is 51.7 Å². The topological polar surface area (TPSA) is 75.5 Å². The van der Waals surface area contributed by atoms with Crippen molar-refractivity contribution in [3.63, 3.8) is 0 Å². The minimum Gasteiger partial charge on any atom is -0.478 e. The summed E-state index contributed by atoms with van der Waals surface area (Å²) in [6.45, 7) is 5.02. The summed E-state index contributed by atoms with van der Waals surface area (Å²) in [7, 11) is 0. The van der Waals surface area contributed by atoms with E-state index in [4.69, 9.17) is 9.84 Å². The fraction of sp³-hybridized carbons (Fsp3) is 0.615. The molecule has 0 amide bonds. The Morgan fingerprint density at radius 2 is 2.47 bits per heavy atom. The van der Waals surface area contributed by atoms with E-state index in [1.54, 1.807) is 0 Å². The van der Waals surface area contributed by atoms with Crippen molar-refractivity contribution in [3.8, 4) is 0 Å². The number of rotatable bonds is 5. The molecule has 0 aliphatic carbocycles. The van der Waals surface area contributed by atoms with Crippen LogP contribution < -0.4 is 0 Å². The number of likely N-dealkylation sites (tertiary alicyclic amines) is 1. The van der Waals surface area contributed by atoms with E-state index in [1.165, 1.54) is 12.5 Å². The monoisotopic (exact) mass is 265 g/mol. The van der Waals surface area contributed by atoms with E-state index in [-0.39, 0.29) is 11.7 Å². The van der Waals surface area contributed by atoms with Crippen molar-refractivity contribution in [2.24, 2.45) is 0 Å². The summed E-state index contributed by atoms with van der Waals surface area (Å²) in [5, 5.41) is 9.11. The Morgan fingerprint density at radius 1 is 1.63 bits per heavy atom. The molecular formula is C13H19N3O3. The van der Waals surface area contributed by atoms with Crippen molar-refractivity contribution < 1.29 is 14.6 Å². The van der Waals surface area contributed by atoms with E-state index >= 15 is 0 Å². The number of aromatic nitrogens is 2. The van der Waals surface area contributed by atoms with Crippen molar-refractivity contribution in [3.05, 3.63) is 23.8 Å². The molecule has 2 rings (SSSR count). The Morgan fingerprint density at radius 3 is 3.21 bits per heavy atom. The molecule has 1 fully saturated rings. The molecule has 19 heavy (non-hydrogen) atoms. The number of hydrogen-bond donors (Lipinski definition) is 1. The highest BCUT2D eigenvalue weighted by atomic mass is 16.5. The maximum Gasteiger partial charge on any atom is 0.339 e. The number of piperidine rings is 1. The van der Waals surface area contributed by atoms with Crippen molar-refractivity contribution >= 4 is 5.97 Å². The zero-order valence-corrected chi connectivity index (χ0v) is 11.1. The van der Waals surface area contributed by atoms with Gasteiger partial charge in [-0.2, -0.15) is 0 Å². The highest BCUT2D eigenvalue weighted by Crippen LogP contribution is 2.16. The summed E-state index contributed by atoms with van der Waals surface area (Å²) in [5.74, 6) is -0.978. The Hall–Kier alpha value is -1.53. The van der Waals surface area contributed by atoms with Gasteiger partial charge in [-0.25, -0.2) is 14.8 Å². The minimum atomic E-state index is -0.978. The molecule has 6 nitrogen and oxygen atoms in total. The smallest absolute Gasteiger partial charge is 0.339 e. The number of nitrogens with zero attached hydrogens (tertiary/aromatic N) is 3. The van der Waals surface area contributed by atoms with E-state index in [1.807, 2.05) is 6.92 Å². The summed E-state index contributed by atoms with van der Waals surface area (Å²) >= 11 is 0. The molecule has 6 heteroatoms. The van der Waals surface area contributed by atoms with Gasteiger partial charge in [-0.05, 0) is 26.3 Å². The molecule has 1 N–H and O–H groups in total. The van der Waals surface area contributed by atoms with Crippen molar-refractivity contribution in [2.75, 3.05) is 19.7 Å². The van der Waals surface area contributed by atoms with Crippen LogP contribution in [0.25, 0.3) is 0 Å². The first-order valence-corrected chi connectivity index (χ1v) is 6.56. The molecule has 1 aliphatic rings. The summed E-state index contributed by atoms with van der Waals surface area (Å²) in [6, 6.07) is 0. The van der Waals surface area contributed by atoms with Gasteiger partial charge in [-0.15, -0.1) is 0 Å². The van der Waals surface area contributed by atoms with Gasteiger partial charge in [0.15, 0.2) is 0 Å². The molecule has 0 radical (unpaired) electrons. The molecule has 104 valence electrons. The lowest BCUT2D eigenvalue weighted by Crippen LogP contribution is -2.39. The first-order valence-electron chi connectivity index (χ1n) is 6.56. The van der Waals surface area contributed by atoms with Gasteiger partial charge >= 0.3 is 5.97 Å². The molecule has 0 saturated carbocycles. The van der Waals surface area contributed by atoms with Gasteiger partial charge in [0.25, 0.3) is 0 Å². The molecule has 2 heterocycles. The van der Waals surface area contributed by atoms with Crippen LogP contribution >= 0.6 is 0 Å². The lowest BCUT2D eigenvalue weighted by molar-refractivity contribution is 0.00322. The molecule has 0 bridgehead atoms. The van der Waals surface area contributed by atoms with E-state index in [0.29, 0.717) is 18.8 Å². The molecular weight excluding hydrogens is 246 g/mol. The predicted molar refractivity (Wildman–Crippen MR) is 68.9 cm³/mol. The van der Waals surface area contributed by atoms with Gasteiger partial charge < -0.3 is 9.84 Å². The average Bonchev–Trinajstić information content (AvgIpc) is 2.40. The number of aromatic carboxylic acids is 1. The maximum absolute atomic E-state index is 11.1. The fourth-order valence-electron chi connectivity index (χ4n) is 2.40. The summed E-state index contributed by atoms with van der Waals surface area (Å²) in [5.41, 5.74) is 0.751. The average molecular weight is 265 g/mol. The Balaban J connectivity index is 2.02. The molecule has 0 aromatic carbocycles. The second-order valence-corrected chi connectivity index (χ2v) is 4.64. The van der Waals surface area contributed by atoms with Crippen LogP contribution in [0.3, 0.4) is 0 Å².